The minimum absolute atomic E-state index is 0.534. The molecule has 72 valence electrons. The van der Waals surface area contributed by atoms with E-state index in [2.05, 4.69) is 0 Å². The first-order valence-corrected chi connectivity index (χ1v) is 3.80. The molecule has 5 heteroatoms. The SMILES string of the molecule is CO[C@@H]1[C@@H](O)[C@H](C)O[C@@H](O)[C@H]1O. The minimum atomic E-state index is -1.28. The van der Waals surface area contributed by atoms with E-state index < -0.39 is 30.7 Å². The molecular formula is C7H14O5. The number of aliphatic hydroxyl groups excluding tert-OH is 3. The molecule has 1 rings (SSSR count). The van der Waals surface area contributed by atoms with Crippen LogP contribution < -0.4 is 0 Å². The zero-order valence-corrected chi connectivity index (χ0v) is 7.04. The predicted molar refractivity (Wildman–Crippen MR) is 39.4 cm³/mol. The zero-order valence-electron chi connectivity index (χ0n) is 7.04. The van der Waals surface area contributed by atoms with Gasteiger partial charge in [0.1, 0.15) is 18.3 Å². The van der Waals surface area contributed by atoms with E-state index >= 15 is 0 Å². The molecule has 1 fully saturated rings. The lowest BCUT2D eigenvalue weighted by Crippen LogP contribution is -2.57. The predicted octanol–water partition coefficient (Wildman–Crippen LogP) is -1.54. The van der Waals surface area contributed by atoms with Crippen molar-refractivity contribution in [2.24, 2.45) is 0 Å². The summed E-state index contributed by atoms with van der Waals surface area (Å²) in [5.41, 5.74) is 0. The Bertz CT molecular complexity index is 137. The van der Waals surface area contributed by atoms with Crippen molar-refractivity contribution in [3.63, 3.8) is 0 Å². The number of methoxy groups -OCH3 is 1. The van der Waals surface area contributed by atoms with Crippen molar-refractivity contribution in [1.29, 1.82) is 0 Å². The fraction of sp³-hybridized carbons (Fsp3) is 1.00. The number of aliphatic hydroxyl groups is 3. The Morgan fingerprint density at radius 1 is 1.17 bits per heavy atom. The van der Waals surface area contributed by atoms with Gasteiger partial charge in [0, 0.05) is 7.11 Å². The summed E-state index contributed by atoms with van der Waals surface area (Å²) in [4.78, 5) is 0. The molecule has 5 atom stereocenters. The van der Waals surface area contributed by atoms with Crippen LogP contribution in [0.4, 0.5) is 0 Å². The fourth-order valence-electron chi connectivity index (χ4n) is 1.29. The van der Waals surface area contributed by atoms with Gasteiger partial charge in [-0.2, -0.15) is 0 Å². The lowest BCUT2D eigenvalue weighted by Gasteiger charge is -2.38. The summed E-state index contributed by atoms with van der Waals surface area (Å²) in [6, 6.07) is 0. The van der Waals surface area contributed by atoms with E-state index in [0.29, 0.717) is 0 Å². The Kier molecular flexibility index (Phi) is 3.03. The Morgan fingerprint density at radius 3 is 2.25 bits per heavy atom. The van der Waals surface area contributed by atoms with Crippen LogP contribution in [0.15, 0.2) is 0 Å². The molecule has 1 aliphatic rings. The van der Waals surface area contributed by atoms with Gasteiger partial charge in [0.05, 0.1) is 6.10 Å². The van der Waals surface area contributed by atoms with Gasteiger partial charge >= 0.3 is 0 Å². The maximum atomic E-state index is 9.40. The van der Waals surface area contributed by atoms with Crippen molar-refractivity contribution in [3.8, 4) is 0 Å². The van der Waals surface area contributed by atoms with Crippen LogP contribution in [0.3, 0.4) is 0 Å². The molecule has 1 saturated heterocycles. The van der Waals surface area contributed by atoms with Gasteiger partial charge in [-0.3, -0.25) is 0 Å². The monoisotopic (exact) mass is 178 g/mol. The second-order valence-corrected chi connectivity index (χ2v) is 2.91. The highest BCUT2D eigenvalue weighted by Gasteiger charge is 2.42. The summed E-state index contributed by atoms with van der Waals surface area (Å²) in [6.07, 6.45) is -4.71. The summed E-state index contributed by atoms with van der Waals surface area (Å²) in [5.74, 6) is 0. The third-order valence-corrected chi connectivity index (χ3v) is 2.07. The third kappa shape index (κ3) is 1.60. The molecule has 0 amide bonds. The maximum absolute atomic E-state index is 9.40. The van der Waals surface area contributed by atoms with E-state index in [-0.39, 0.29) is 0 Å². The third-order valence-electron chi connectivity index (χ3n) is 2.07. The average Bonchev–Trinajstić information content (AvgIpc) is 2.02. The summed E-state index contributed by atoms with van der Waals surface area (Å²) >= 11 is 0. The van der Waals surface area contributed by atoms with E-state index in [4.69, 9.17) is 14.6 Å². The van der Waals surface area contributed by atoms with Crippen LogP contribution in [-0.2, 0) is 9.47 Å². The highest BCUT2D eigenvalue weighted by Crippen LogP contribution is 2.21. The van der Waals surface area contributed by atoms with Crippen LogP contribution in [0.25, 0.3) is 0 Å². The highest BCUT2D eigenvalue weighted by molar-refractivity contribution is 4.87. The van der Waals surface area contributed by atoms with Crippen molar-refractivity contribution >= 4 is 0 Å². The molecule has 5 nitrogen and oxygen atoms in total. The standard InChI is InChI=1S/C7H14O5/c1-3-4(8)6(11-2)5(9)7(10)12-3/h3-10H,1-2H3/t3-,4-,5-,6+,7+/m0/s1. The average molecular weight is 178 g/mol. The molecule has 0 spiro atoms. The molecule has 0 radical (unpaired) electrons. The van der Waals surface area contributed by atoms with Crippen molar-refractivity contribution < 1.29 is 24.8 Å². The molecule has 0 bridgehead atoms. The molecule has 0 aliphatic carbocycles. The molecule has 3 N–H and O–H groups in total. The van der Waals surface area contributed by atoms with Crippen LogP contribution in [0.1, 0.15) is 6.92 Å². The Balaban J connectivity index is 2.67. The second-order valence-electron chi connectivity index (χ2n) is 2.91. The number of ether oxygens (including phenoxy) is 2. The van der Waals surface area contributed by atoms with Crippen molar-refractivity contribution in [3.05, 3.63) is 0 Å². The van der Waals surface area contributed by atoms with E-state index in [1.165, 1.54) is 7.11 Å². The summed E-state index contributed by atoms with van der Waals surface area (Å²) in [7, 11) is 1.36. The zero-order chi connectivity index (χ0) is 9.30. The normalized spacial score (nSPS) is 49.2. The summed E-state index contributed by atoms with van der Waals surface area (Å²) < 4.78 is 9.63. The fourth-order valence-corrected chi connectivity index (χ4v) is 1.29. The summed E-state index contributed by atoms with van der Waals surface area (Å²) in [6.45, 7) is 1.60. The van der Waals surface area contributed by atoms with Crippen LogP contribution in [-0.4, -0.2) is 53.1 Å². The van der Waals surface area contributed by atoms with Gasteiger partial charge in [-0.25, -0.2) is 0 Å². The topological polar surface area (TPSA) is 79.2 Å². The molecule has 1 aliphatic heterocycles. The number of hydrogen-bond acceptors (Lipinski definition) is 5. The van der Waals surface area contributed by atoms with Gasteiger partial charge < -0.3 is 24.8 Å². The van der Waals surface area contributed by atoms with Crippen LogP contribution >= 0.6 is 0 Å². The summed E-state index contributed by atoms with van der Waals surface area (Å²) in [5, 5.41) is 27.8. The van der Waals surface area contributed by atoms with Gasteiger partial charge in [0.25, 0.3) is 0 Å². The Labute approximate surface area is 70.5 Å². The van der Waals surface area contributed by atoms with Crippen molar-refractivity contribution in [2.75, 3.05) is 7.11 Å². The second kappa shape index (κ2) is 3.68. The van der Waals surface area contributed by atoms with Crippen LogP contribution in [0.5, 0.6) is 0 Å². The lowest BCUT2D eigenvalue weighted by molar-refractivity contribution is -0.282. The maximum Gasteiger partial charge on any atom is 0.183 e. The van der Waals surface area contributed by atoms with Gasteiger partial charge in [-0.15, -0.1) is 0 Å². The van der Waals surface area contributed by atoms with Crippen LogP contribution in [0.2, 0.25) is 0 Å². The first-order valence-electron chi connectivity index (χ1n) is 3.80. The molecule has 0 aromatic rings. The molecule has 1 heterocycles. The van der Waals surface area contributed by atoms with E-state index in [0.717, 1.165) is 0 Å². The Morgan fingerprint density at radius 2 is 1.75 bits per heavy atom. The van der Waals surface area contributed by atoms with Crippen molar-refractivity contribution in [1.82, 2.24) is 0 Å². The molecular weight excluding hydrogens is 164 g/mol. The molecule has 0 aromatic heterocycles. The largest absolute Gasteiger partial charge is 0.388 e. The molecule has 12 heavy (non-hydrogen) atoms. The number of rotatable bonds is 1. The van der Waals surface area contributed by atoms with E-state index in [9.17, 15) is 10.2 Å². The van der Waals surface area contributed by atoms with E-state index in [1.807, 2.05) is 0 Å². The van der Waals surface area contributed by atoms with E-state index in [1.54, 1.807) is 6.92 Å². The van der Waals surface area contributed by atoms with Crippen molar-refractivity contribution in [2.45, 2.75) is 37.6 Å². The first-order chi connectivity index (χ1) is 5.57. The molecule has 0 unspecified atom stereocenters. The molecule has 0 aromatic carbocycles. The first kappa shape index (κ1) is 9.88. The van der Waals surface area contributed by atoms with Crippen LogP contribution in [0, 0.1) is 0 Å². The number of hydrogen-bond donors (Lipinski definition) is 3. The van der Waals surface area contributed by atoms with Gasteiger partial charge in [0.15, 0.2) is 6.29 Å². The minimum Gasteiger partial charge on any atom is -0.388 e. The van der Waals surface area contributed by atoms with Gasteiger partial charge in [-0.05, 0) is 6.92 Å². The smallest absolute Gasteiger partial charge is 0.183 e. The van der Waals surface area contributed by atoms with Gasteiger partial charge in [-0.1, -0.05) is 0 Å². The lowest BCUT2D eigenvalue weighted by atomic mass is 10.00. The quantitative estimate of drug-likeness (QED) is 0.453. The van der Waals surface area contributed by atoms with Gasteiger partial charge in [0.2, 0.25) is 0 Å². The molecule has 0 saturated carbocycles. The highest BCUT2D eigenvalue weighted by atomic mass is 16.6. The Hall–Kier alpha value is -0.200.